The van der Waals surface area contributed by atoms with Crippen LogP contribution in [-0.2, 0) is 14.8 Å². The molecule has 2 N–H and O–H groups in total. The molecule has 0 aromatic heterocycles. The van der Waals surface area contributed by atoms with Crippen molar-refractivity contribution in [2.24, 2.45) is 5.41 Å². The zero-order chi connectivity index (χ0) is 14.7. The molecule has 0 amide bonds. The second-order valence-corrected chi connectivity index (χ2v) is 7.97. The number of hydrogen-bond acceptors (Lipinski definition) is 4. The Morgan fingerprint density at radius 2 is 2.00 bits per heavy atom. The molecule has 114 valence electrons. The lowest BCUT2D eigenvalue weighted by Crippen LogP contribution is -2.63. The van der Waals surface area contributed by atoms with Crippen molar-refractivity contribution in [3.63, 3.8) is 0 Å². The van der Waals surface area contributed by atoms with Crippen LogP contribution in [0.3, 0.4) is 0 Å². The zero-order valence-corrected chi connectivity index (χ0v) is 13.5. The first-order valence-corrected chi connectivity index (χ1v) is 8.63. The van der Waals surface area contributed by atoms with Gasteiger partial charge in [0.25, 0.3) is 0 Å². The van der Waals surface area contributed by atoms with Gasteiger partial charge in [-0.15, -0.1) is 0 Å². The summed E-state index contributed by atoms with van der Waals surface area (Å²) in [6.07, 6.45) is 0.905. The van der Waals surface area contributed by atoms with Crippen LogP contribution in [0.4, 0.5) is 0 Å². The van der Waals surface area contributed by atoms with Crippen LogP contribution in [0, 0.1) is 5.41 Å². The highest BCUT2D eigenvalue weighted by atomic mass is 32.2. The lowest BCUT2D eigenvalue weighted by Gasteiger charge is -2.51. The van der Waals surface area contributed by atoms with Crippen molar-refractivity contribution in [1.29, 1.82) is 0 Å². The summed E-state index contributed by atoms with van der Waals surface area (Å²) in [5.41, 5.74) is -0.138. The van der Waals surface area contributed by atoms with Gasteiger partial charge in [0, 0.05) is 24.6 Å². The van der Waals surface area contributed by atoms with E-state index in [1.54, 1.807) is 6.92 Å². The fourth-order valence-corrected chi connectivity index (χ4v) is 3.71. The molecule has 1 saturated carbocycles. The summed E-state index contributed by atoms with van der Waals surface area (Å²) in [5.74, 6) is 0. The third-order valence-electron chi connectivity index (χ3n) is 4.06. The minimum absolute atomic E-state index is 0.0295. The van der Waals surface area contributed by atoms with Gasteiger partial charge in [-0.05, 0) is 26.8 Å². The lowest BCUT2D eigenvalue weighted by atomic mass is 9.65. The van der Waals surface area contributed by atoms with Gasteiger partial charge < -0.3 is 10.1 Å². The van der Waals surface area contributed by atoms with Gasteiger partial charge in [0.2, 0.25) is 10.0 Å². The van der Waals surface area contributed by atoms with Crippen LogP contribution in [-0.4, -0.2) is 45.5 Å². The van der Waals surface area contributed by atoms with Crippen LogP contribution in [0.5, 0.6) is 0 Å². The highest BCUT2D eigenvalue weighted by molar-refractivity contribution is 7.90. The quantitative estimate of drug-likeness (QED) is 0.703. The molecule has 3 unspecified atom stereocenters. The van der Waals surface area contributed by atoms with Crippen molar-refractivity contribution >= 4 is 10.0 Å². The Kier molecular flexibility index (Phi) is 5.79. The standard InChI is InChI=1S/C13H28N2O3S/c1-6-14-9-10(3)19(16,17)15-11-8-12(18-7-2)13(11,4)5/h10-12,14-15H,6-9H2,1-5H3. The van der Waals surface area contributed by atoms with Crippen LogP contribution in [0.25, 0.3) is 0 Å². The maximum absolute atomic E-state index is 12.2. The maximum atomic E-state index is 12.2. The van der Waals surface area contributed by atoms with Crippen LogP contribution in [0.2, 0.25) is 0 Å². The fourth-order valence-electron chi connectivity index (χ4n) is 2.34. The second-order valence-electron chi connectivity index (χ2n) is 5.83. The van der Waals surface area contributed by atoms with E-state index < -0.39 is 15.3 Å². The van der Waals surface area contributed by atoms with Gasteiger partial charge in [0.15, 0.2) is 0 Å². The first-order chi connectivity index (χ1) is 8.75. The third kappa shape index (κ3) is 3.90. The van der Waals surface area contributed by atoms with Gasteiger partial charge in [-0.25, -0.2) is 13.1 Å². The largest absolute Gasteiger partial charge is 0.378 e. The molecule has 1 fully saturated rings. The highest BCUT2D eigenvalue weighted by Crippen LogP contribution is 2.43. The zero-order valence-electron chi connectivity index (χ0n) is 12.7. The van der Waals surface area contributed by atoms with Gasteiger partial charge >= 0.3 is 0 Å². The average molecular weight is 292 g/mol. The molecule has 0 spiro atoms. The van der Waals surface area contributed by atoms with E-state index in [0.717, 1.165) is 13.0 Å². The Labute approximate surface area is 117 Å². The molecule has 1 aliphatic carbocycles. The average Bonchev–Trinajstić information content (AvgIpc) is 2.34. The number of ether oxygens (including phenoxy) is 1. The number of hydrogen-bond donors (Lipinski definition) is 2. The van der Waals surface area contributed by atoms with Gasteiger partial charge in [0.1, 0.15) is 0 Å². The van der Waals surface area contributed by atoms with Crippen molar-refractivity contribution in [2.45, 2.75) is 58.4 Å². The third-order valence-corrected chi connectivity index (χ3v) is 5.90. The van der Waals surface area contributed by atoms with Crippen molar-refractivity contribution in [3.05, 3.63) is 0 Å². The summed E-state index contributed by atoms with van der Waals surface area (Å²) in [6.45, 7) is 11.7. The summed E-state index contributed by atoms with van der Waals surface area (Å²) >= 11 is 0. The fraction of sp³-hybridized carbons (Fsp3) is 1.00. The summed E-state index contributed by atoms with van der Waals surface area (Å²) in [6, 6.07) is -0.0295. The molecule has 0 bridgehead atoms. The van der Waals surface area contributed by atoms with Gasteiger partial charge in [-0.1, -0.05) is 20.8 Å². The van der Waals surface area contributed by atoms with E-state index in [2.05, 4.69) is 23.9 Å². The van der Waals surface area contributed by atoms with Gasteiger partial charge in [-0.2, -0.15) is 0 Å². The van der Waals surface area contributed by atoms with Gasteiger partial charge in [-0.3, -0.25) is 0 Å². The van der Waals surface area contributed by atoms with E-state index in [9.17, 15) is 8.42 Å². The summed E-state index contributed by atoms with van der Waals surface area (Å²) in [5, 5.41) is 2.65. The van der Waals surface area contributed by atoms with E-state index in [1.807, 2.05) is 13.8 Å². The number of sulfonamides is 1. The van der Waals surface area contributed by atoms with Crippen LogP contribution >= 0.6 is 0 Å². The Balaban J connectivity index is 2.56. The van der Waals surface area contributed by atoms with Crippen molar-refractivity contribution in [2.75, 3.05) is 19.7 Å². The minimum Gasteiger partial charge on any atom is -0.378 e. The monoisotopic (exact) mass is 292 g/mol. The molecule has 0 radical (unpaired) electrons. The van der Waals surface area contributed by atoms with Gasteiger partial charge in [0.05, 0.1) is 11.4 Å². The molecular formula is C13H28N2O3S. The molecule has 1 rings (SSSR count). The van der Waals surface area contributed by atoms with Crippen molar-refractivity contribution in [1.82, 2.24) is 10.0 Å². The highest BCUT2D eigenvalue weighted by Gasteiger charge is 2.50. The summed E-state index contributed by atoms with van der Waals surface area (Å²) < 4.78 is 32.8. The Hall–Kier alpha value is -0.170. The molecule has 0 heterocycles. The van der Waals surface area contributed by atoms with Crippen LogP contribution in [0.15, 0.2) is 0 Å². The van der Waals surface area contributed by atoms with Crippen LogP contribution in [0.1, 0.15) is 41.0 Å². The Morgan fingerprint density at radius 1 is 1.37 bits per heavy atom. The molecule has 5 nitrogen and oxygen atoms in total. The smallest absolute Gasteiger partial charge is 0.215 e. The van der Waals surface area contributed by atoms with E-state index in [0.29, 0.717) is 13.2 Å². The van der Waals surface area contributed by atoms with E-state index >= 15 is 0 Å². The lowest BCUT2D eigenvalue weighted by molar-refractivity contribution is -0.108. The first-order valence-electron chi connectivity index (χ1n) is 7.09. The Bertz CT molecular complexity index is 381. The molecule has 1 aliphatic rings. The molecule has 19 heavy (non-hydrogen) atoms. The van der Waals surface area contributed by atoms with Crippen molar-refractivity contribution < 1.29 is 13.2 Å². The number of nitrogens with one attached hydrogen (secondary N) is 2. The van der Waals surface area contributed by atoms with E-state index in [-0.39, 0.29) is 17.6 Å². The summed E-state index contributed by atoms with van der Waals surface area (Å²) in [7, 11) is -3.27. The molecule has 0 saturated heterocycles. The maximum Gasteiger partial charge on any atom is 0.215 e. The molecular weight excluding hydrogens is 264 g/mol. The topological polar surface area (TPSA) is 67.4 Å². The van der Waals surface area contributed by atoms with E-state index in [4.69, 9.17) is 4.74 Å². The first kappa shape index (κ1) is 16.9. The normalized spacial score (nSPS) is 27.8. The number of rotatable bonds is 8. The van der Waals surface area contributed by atoms with Crippen LogP contribution < -0.4 is 10.0 Å². The SMILES string of the molecule is CCNCC(C)S(=O)(=O)NC1CC(OCC)C1(C)C. The second kappa shape index (κ2) is 6.52. The minimum atomic E-state index is -3.27. The van der Waals surface area contributed by atoms with Crippen molar-refractivity contribution in [3.8, 4) is 0 Å². The molecule has 0 aliphatic heterocycles. The Morgan fingerprint density at radius 3 is 2.47 bits per heavy atom. The van der Waals surface area contributed by atoms with E-state index in [1.165, 1.54) is 0 Å². The predicted molar refractivity (Wildman–Crippen MR) is 77.7 cm³/mol. The summed E-state index contributed by atoms with van der Waals surface area (Å²) in [4.78, 5) is 0. The molecule has 0 aromatic carbocycles. The molecule has 3 atom stereocenters. The molecule has 0 aromatic rings. The predicted octanol–water partition coefficient (Wildman–Crippen LogP) is 1.11. The molecule has 6 heteroatoms.